The fraction of sp³-hybridized carbons (Fsp3) is 0.577. The van der Waals surface area contributed by atoms with E-state index in [1.54, 1.807) is 0 Å². The second-order valence-electron chi connectivity index (χ2n) is 10.8. The third-order valence-electron chi connectivity index (χ3n) is 8.62. The Morgan fingerprint density at radius 2 is 1.81 bits per heavy atom. The second kappa shape index (κ2) is 7.19. The number of methoxy groups -OCH3 is 1. The van der Waals surface area contributed by atoms with Crippen molar-refractivity contribution < 1.29 is 14.3 Å². The number of hydrogen-bond donors (Lipinski definition) is 1. The third kappa shape index (κ3) is 3.10. The number of esters is 1. The van der Waals surface area contributed by atoms with Gasteiger partial charge < -0.3 is 10.1 Å². The van der Waals surface area contributed by atoms with Crippen LogP contribution in [0.4, 0.5) is 5.69 Å². The fourth-order valence-electron chi connectivity index (χ4n) is 7.71. The normalized spacial score (nSPS) is 30.2. The summed E-state index contributed by atoms with van der Waals surface area (Å²) < 4.78 is 7.34. The van der Waals surface area contributed by atoms with Crippen molar-refractivity contribution in [2.75, 3.05) is 12.4 Å². The lowest BCUT2D eigenvalue weighted by Gasteiger charge is -2.56. The van der Waals surface area contributed by atoms with Crippen LogP contribution in [0.3, 0.4) is 0 Å². The number of nitrogens with one attached hydrogen (secondary N) is 1. The molecule has 2 aromatic rings. The Labute approximate surface area is 188 Å². The van der Waals surface area contributed by atoms with Crippen LogP contribution >= 0.6 is 0 Å². The zero-order valence-electron chi connectivity index (χ0n) is 18.9. The molecule has 6 nitrogen and oxygen atoms in total. The van der Waals surface area contributed by atoms with E-state index in [2.05, 4.69) is 16.9 Å². The molecule has 1 aromatic heterocycles. The molecular formula is C26H31N3O3. The van der Waals surface area contributed by atoms with E-state index in [1.807, 2.05) is 18.3 Å². The van der Waals surface area contributed by atoms with Crippen LogP contribution in [0.1, 0.15) is 66.6 Å². The molecule has 0 saturated heterocycles. The van der Waals surface area contributed by atoms with E-state index >= 15 is 0 Å². The molecule has 4 bridgehead atoms. The summed E-state index contributed by atoms with van der Waals surface area (Å²) in [6.07, 6.45) is 11.2. The Kier molecular flexibility index (Phi) is 4.50. The smallest absolute Gasteiger partial charge is 0.338 e. The highest BCUT2D eigenvalue weighted by molar-refractivity contribution is 6.04. The molecule has 0 unspecified atom stereocenters. The number of ether oxygens (including phenoxy) is 1. The van der Waals surface area contributed by atoms with Crippen LogP contribution in [0.25, 0.3) is 11.1 Å². The fourth-order valence-corrected chi connectivity index (χ4v) is 7.71. The van der Waals surface area contributed by atoms with E-state index in [0.717, 1.165) is 46.7 Å². The summed E-state index contributed by atoms with van der Waals surface area (Å²) in [5.41, 5.74) is 5.46. The summed E-state index contributed by atoms with van der Waals surface area (Å²) in [5, 5.41) is 7.71. The monoisotopic (exact) mass is 433 g/mol. The van der Waals surface area contributed by atoms with Gasteiger partial charge in [-0.15, -0.1) is 0 Å². The minimum absolute atomic E-state index is 0.0133. The minimum Gasteiger partial charge on any atom is -0.465 e. The average Bonchev–Trinajstić information content (AvgIpc) is 3.10. The highest BCUT2D eigenvalue weighted by Gasteiger charge is 2.51. The summed E-state index contributed by atoms with van der Waals surface area (Å²) in [6.45, 7) is 3.10. The van der Waals surface area contributed by atoms with E-state index in [-0.39, 0.29) is 11.9 Å². The van der Waals surface area contributed by atoms with Gasteiger partial charge in [0.2, 0.25) is 5.91 Å². The van der Waals surface area contributed by atoms with Gasteiger partial charge in [-0.1, -0.05) is 6.07 Å². The molecule has 2 heterocycles. The Hall–Kier alpha value is -2.63. The van der Waals surface area contributed by atoms with Gasteiger partial charge in [0.25, 0.3) is 0 Å². The van der Waals surface area contributed by atoms with Crippen molar-refractivity contribution in [1.29, 1.82) is 0 Å². The first-order valence-corrected chi connectivity index (χ1v) is 12.0. The first-order valence-electron chi connectivity index (χ1n) is 12.0. The van der Waals surface area contributed by atoms with Crippen molar-refractivity contribution in [3.8, 4) is 11.1 Å². The Morgan fingerprint density at radius 3 is 2.47 bits per heavy atom. The number of rotatable bonds is 4. The van der Waals surface area contributed by atoms with Crippen LogP contribution in [-0.4, -0.2) is 28.8 Å². The molecule has 32 heavy (non-hydrogen) atoms. The van der Waals surface area contributed by atoms with Gasteiger partial charge in [0.15, 0.2) is 0 Å². The van der Waals surface area contributed by atoms with Crippen LogP contribution in [-0.2, 0) is 22.5 Å². The van der Waals surface area contributed by atoms with E-state index in [4.69, 9.17) is 9.84 Å². The minimum atomic E-state index is -0.360. The summed E-state index contributed by atoms with van der Waals surface area (Å²) in [4.78, 5) is 24.7. The van der Waals surface area contributed by atoms with Gasteiger partial charge in [-0.3, -0.25) is 9.48 Å². The maximum absolute atomic E-state index is 12.8. The van der Waals surface area contributed by atoms with Crippen molar-refractivity contribution in [2.24, 2.45) is 23.2 Å². The standard InChI is InChI=1S/C26H31N3O3/c1-15-21(19-3-5-22-20(4-6-23(30)28-22)24(19)25(31)32-2)13-27-29(15)14-26-10-16-7-17(11-26)9-18(8-16)12-26/h3,5,13,16-18H,4,6-12,14H2,1-2H3,(H,28,30). The molecule has 4 fully saturated rings. The molecule has 4 aliphatic carbocycles. The summed E-state index contributed by atoms with van der Waals surface area (Å²) in [5.74, 6) is 2.37. The number of carbonyl (C=O) groups is 2. The Balaban J connectivity index is 1.37. The molecule has 4 saturated carbocycles. The topological polar surface area (TPSA) is 73.2 Å². The van der Waals surface area contributed by atoms with E-state index in [9.17, 15) is 9.59 Å². The molecule has 1 amide bonds. The predicted molar refractivity (Wildman–Crippen MR) is 121 cm³/mol. The Bertz CT molecular complexity index is 1080. The SMILES string of the molecule is COC(=O)c1c(-c2cnn(CC34CC5CC(CC(C5)C3)C4)c2C)ccc2c1CCC(=O)N2. The van der Waals surface area contributed by atoms with Gasteiger partial charge in [0.05, 0.1) is 18.9 Å². The molecule has 1 aliphatic heterocycles. The zero-order chi connectivity index (χ0) is 22.0. The number of fused-ring (bicyclic) bond motifs is 1. The van der Waals surface area contributed by atoms with Crippen LogP contribution in [0.5, 0.6) is 0 Å². The number of nitrogens with zero attached hydrogens (tertiary/aromatic N) is 2. The van der Waals surface area contributed by atoms with E-state index < -0.39 is 0 Å². The molecule has 1 aromatic carbocycles. The molecule has 0 radical (unpaired) electrons. The number of carbonyl (C=O) groups excluding carboxylic acids is 2. The quantitative estimate of drug-likeness (QED) is 0.707. The van der Waals surface area contributed by atoms with Crippen molar-refractivity contribution in [1.82, 2.24) is 9.78 Å². The molecule has 168 valence electrons. The number of aromatic nitrogens is 2. The van der Waals surface area contributed by atoms with Crippen LogP contribution in [0, 0.1) is 30.1 Å². The van der Waals surface area contributed by atoms with Crippen LogP contribution in [0.15, 0.2) is 18.3 Å². The maximum atomic E-state index is 12.8. The third-order valence-corrected chi connectivity index (χ3v) is 8.62. The van der Waals surface area contributed by atoms with E-state index in [1.165, 1.54) is 45.6 Å². The van der Waals surface area contributed by atoms with Gasteiger partial charge in [0.1, 0.15) is 0 Å². The van der Waals surface area contributed by atoms with Crippen molar-refractivity contribution in [2.45, 2.75) is 64.8 Å². The summed E-state index contributed by atoms with van der Waals surface area (Å²) in [6, 6.07) is 3.83. The lowest BCUT2D eigenvalue weighted by atomic mass is 9.49. The molecule has 0 atom stereocenters. The van der Waals surface area contributed by atoms with Gasteiger partial charge in [-0.2, -0.15) is 5.10 Å². The first-order chi connectivity index (χ1) is 15.4. The molecule has 5 aliphatic rings. The van der Waals surface area contributed by atoms with Gasteiger partial charge in [-0.25, -0.2) is 4.79 Å². The maximum Gasteiger partial charge on any atom is 0.338 e. The van der Waals surface area contributed by atoms with Gasteiger partial charge in [0, 0.05) is 35.5 Å². The number of anilines is 1. The average molecular weight is 434 g/mol. The number of hydrogen-bond acceptors (Lipinski definition) is 4. The molecule has 0 spiro atoms. The zero-order valence-corrected chi connectivity index (χ0v) is 18.9. The first kappa shape index (κ1) is 20.0. The highest BCUT2D eigenvalue weighted by atomic mass is 16.5. The molecule has 7 rings (SSSR count). The molecule has 6 heteroatoms. The van der Waals surface area contributed by atoms with E-state index in [0.29, 0.717) is 29.5 Å². The largest absolute Gasteiger partial charge is 0.465 e. The number of benzene rings is 1. The Morgan fingerprint density at radius 1 is 1.12 bits per heavy atom. The van der Waals surface area contributed by atoms with Crippen LogP contribution < -0.4 is 5.32 Å². The van der Waals surface area contributed by atoms with Crippen molar-refractivity contribution in [3.63, 3.8) is 0 Å². The van der Waals surface area contributed by atoms with Gasteiger partial charge >= 0.3 is 5.97 Å². The highest BCUT2D eigenvalue weighted by Crippen LogP contribution is 2.60. The lowest BCUT2D eigenvalue weighted by molar-refractivity contribution is -0.116. The molecule has 1 N–H and O–H groups in total. The van der Waals surface area contributed by atoms with Crippen LogP contribution in [0.2, 0.25) is 0 Å². The number of amides is 1. The van der Waals surface area contributed by atoms with Crippen molar-refractivity contribution >= 4 is 17.6 Å². The molecular weight excluding hydrogens is 402 g/mol. The van der Waals surface area contributed by atoms with Gasteiger partial charge in [-0.05, 0) is 86.7 Å². The summed E-state index contributed by atoms with van der Waals surface area (Å²) in [7, 11) is 1.41. The summed E-state index contributed by atoms with van der Waals surface area (Å²) >= 11 is 0. The van der Waals surface area contributed by atoms with Crippen molar-refractivity contribution in [3.05, 3.63) is 35.2 Å². The predicted octanol–water partition coefficient (Wildman–Crippen LogP) is 4.75. The second-order valence-corrected chi connectivity index (χ2v) is 10.8. The lowest BCUT2D eigenvalue weighted by Crippen LogP contribution is -2.48.